The number of aryl methyl sites for hydroxylation is 1. The van der Waals surface area contributed by atoms with Gasteiger partial charge in [0.1, 0.15) is 18.8 Å². The lowest BCUT2D eigenvalue weighted by Crippen LogP contribution is -2.45. The van der Waals surface area contributed by atoms with Gasteiger partial charge >= 0.3 is 5.82 Å². The van der Waals surface area contributed by atoms with E-state index in [4.69, 9.17) is 0 Å². The molecule has 1 saturated heterocycles. The van der Waals surface area contributed by atoms with Gasteiger partial charge in [-0.15, -0.1) is 0 Å². The summed E-state index contributed by atoms with van der Waals surface area (Å²) in [5.74, 6) is -0.853. The zero-order chi connectivity index (χ0) is 23.3. The van der Waals surface area contributed by atoms with Gasteiger partial charge in [0.25, 0.3) is 11.8 Å². The Labute approximate surface area is 189 Å². The lowest BCUT2D eigenvalue weighted by Gasteiger charge is -2.30. The number of carbonyl (C=O) groups excluding carboxylic acids is 2. The summed E-state index contributed by atoms with van der Waals surface area (Å²) in [6, 6.07) is 9.11. The van der Waals surface area contributed by atoms with E-state index >= 15 is 0 Å². The van der Waals surface area contributed by atoms with Crippen LogP contribution in [0.25, 0.3) is 10.8 Å². The molecule has 0 bridgehead atoms. The van der Waals surface area contributed by atoms with Crippen LogP contribution in [0.3, 0.4) is 0 Å². The molecular formula is C23H23N5O5. The predicted molar refractivity (Wildman–Crippen MR) is 120 cm³/mol. The number of nitrogens with zero attached hydrogens (tertiary/aromatic N) is 5. The zero-order valence-corrected chi connectivity index (χ0v) is 18.1. The lowest BCUT2D eigenvalue weighted by molar-refractivity contribution is -0.392. The fourth-order valence-electron chi connectivity index (χ4n) is 4.84. The monoisotopic (exact) mass is 449 g/mol. The number of anilines is 1. The SMILES string of the molecule is Cc1ncc([N+](=O)[O-])n1CC(O)CN1C(=O)c2cccc3c(N4CCCC4)ccc(c23)C1=O. The van der Waals surface area contributed by atoms with Crippen molar-refractivity contribution in [1.82, 2.24) is 14.5 Å². The summed E-state index contributed by atoms with van der Waals surface area (Å²) in [6.07, 6.45) is 2.14. The van der Waals surface area contributed by atoms with Crippen molar-refractivity contribution in [2.24, 2.45) is 0 Å². The largest absolute Gasteiger partial charge is 0.387 e. The molecule has 1 aromatic heterocycles. The molecule has 1 unspecified atom stereocenters. The first-order valence-corrected chi connectivity index (χ1v) is 10.9. The quantitative estimate of drug-likeness (QED) is 0.349. The van der Waals surface area contributed by atoms with E-state index in [9.17, 15) is 24.8 Å². The minimum Gasteiger partial charge on any atom is -0.387 e. The molecule has 0 saturated carbocycles. The summed E-state index contributed by atoms with van der Waals surface area (Å²) in [5.41, 5.74) is 1.85. The Morgan fingerprint density at radius 2 is 1.79 bits per heavy atom. The maximum atomic E-state index is 13.3. The Morgan fingerprint density at radius 3 is 2.48 bits per heavy atom. The summed E-state index contributed by atoms with van der Waals surface area (Å²) in [4.78, 5) is 44.4. The highest BCUT2D eigenvalue weighted by molar-refractivity contribution is 6.26. The van der Waals surface area contributed by atoms with E-state index in [0.717, 1.165) is 48.1 Å². The highest BCUT2D eigenvalue weighted by Crippen LogP contribution is 2.37. The molecule has 0 spiro atoms. The molecule has 2 aromatic carbocycles. The molecule has 1 fully saturated rings. The molecule has 2 amide bonds. The van der Waals surface area contributed by atoms with Gasteiger partial charge in [0, 0.05) is 47.6 Å². The van der Waals surface area contributed by atoms with E-state index in [1.165, 1.54) is 4.57 Å². The zero-order valence-electron chi connectivity index (χ0n) is 18.1. The van der Waals surface area contributed by atoms with Gasteiger partial charge in [-0.3, -0.25) is 14.5 Å². The summed E-state index contributed by atoms with van der Waals surface area (Å²) in [7, 11) is 0. The highest BCUT2D eigenvalue weighted by atomic mass is 16.6. The second kappa shape index (κ2) is 7.96. The number of benzene rings is 2. The van der Waals surface area contributed by atoms with Gasteiger partial charge in [0.05, 0.1) is 6.54 Å². The van der Waals surface area contributed by atoms with Crippen molar-refractivity contribution < 1.29 is 19.6 Å². The van der Waals surface area contributed by atoms with Crippen molar-refractivity contribution in [2.45, 2.75) is 32.4 Å². The molecule has 0 radical (unpaired) electrons. The van der Waals surface area contributed by atoms with Crippen molar-refractivity contribution in [2.75, 3.05) is 24.5 Å². The van der Waals surface area contributed by atoms with Crippen LogP contribution in [0.1, 0.15) is 39.4 Å². The molecule has 2 aliphatic rings. The van der Waals surface area contributed by atoms with Crippen LogP contribution in [-0.4, -0.2) is 62.0 Å². The van der Waals surface area contributed by atoms with Gasteiger partial charge in [-0.2, -0.15) is 0 Å². The molecule has 2 aliphatic heterocycles. The van der Waals surface area contributed by atoms with Gasteiger partial charge in [0.15, 0.2) is 5.82 Å². The summed E-state index contributed by atoms with van der Waals surface area (Å²) in [6.45, 7) is 3.03. The molecular weight excluding hydrogens is 426 g/mol. The third kappa shape index (κ3) is 3.43. The van der Waals surface area contributed by atoms with Crippen LogP contribution in [0, 0.1) is 17.0 Å². The predicted octanol–water partition coefficient (Wildman–Crippen LogP) is 2.51. The molecule has 5 rings (SSSR count). The summed E-state index contributed by atoms with van der Waals surface area (Å²) < 4.78 is 1.26. The maximum Gasteiger partial charge on any atom is 0.342 e. The minimum atomic E-state index is -1.20. The number of imide groups is 1. The number of β-amino-alcohol motifs (C(OH)–C–C–N with tert-alkyl or cyclic N) is 1. The fourth-order valence-corrected chi connectivity index (χ4v) is 4.84. The van der Waals surface area contributed by atoms with E-state index in [2.05, 4.69) is 9.88 Å². The first kappa shape index (κ1) is 21.1. The molecule has 10 heteroatoms. The van der Waals surface area contributed by atoms with Crippen LogP contribution in [-0.2, 0) is 6.54 Å². The van der Waals surface area contributed by atoms with Crippen molar-refractivity contribution in [3.05, 3.63) is 63.6 Å². The standard InChI is InChI=1S/C23H23N5O5/c1-14-24-11-20(28(32)33)26(14)12-15(29)13-27-22(30)17-6-4-5-16-19(25-9-2-3-10-25)8-7-18(21(16)17)23(27)31/h4-8,11,15,29H,2-3,9-10,12-13H2,1H3. The van der Waals surface area contributed by atoms with Crippen LogP contribution in [0.15, 0.2) is 36.5 Å². The first-order valence-electron chi connectivity index (χ1n) is 10.9. The van der Waals surface area contributed by atoms with Gasteiger partial charge in [-0.05, 0) is 36.0 Å². The topological polar surface area (TPSA) is 122 Å². The second-order valence-corrected chi connectivity index (χ2v) is 8.46. The van der Waals surface area contributed by atoms with Crippen molar-refractivity contribution in [1.29, 1.82) is 0 Å². The number of aliphatic hydroxyl groups is 1. The van der Waals surface area contributed by atoms with Gasteiger partial charge in [-0.1, -0.05) is 12.1 Å². The van der Waals surface area contributed by atoms with E-state index in [1.807, 2.05) is 18.2 Å². The molecule has 170 valence electrons. The number of imidazole rings is 1. The average molecular weight is 449 g/mol. The third-order valence-corrected chi connectivity index (χ3v) is 6.42. The molecule has 1 N–H and O–H groups in total. The number of aliphatic hydroxyl groups excluding tert-OH is 1. The number of nitro groups is 1. The Morgan fingerprint density at radius 1 is 1.09 bits per heavy atom. The van der Waals surface area contributed by atoms with Crippen LogP contribution in [0.4, 0.5) is 11.5 Å². The Bertz CT molecular complexity index is 1270. The van der Waals surface area contributed by atoms with Gasteiger partial charge in [-0.25, -0.2) is 9.55 Å². The van der Waals surface area contributed by atoms with Crippen molar-refractivity contribution >= 4 is 34.1 Å². The Kier molecular flexibility index (Phi) is 5.09. The van der Waals surface area contributed by atoms with E-state index in [-0.39, 0.29) is 18.9 Å². The lowest BCUT2D eigenvalue weighted by atomic mass is 9.92. The van der Waals surface area contributed by atoms with Gasteiger partial charge < -0.3 is 20.1 Å². The van der Waals surface area contributed by atoms with Crippen molar-refractivity contribution in [3.8, 4) is 0 Å². The second-order valence-electron chi connectivity index (χ2n) is 8.46. The number of hydrogen-bond acceptors (Lipinski definition) is 7. The van der Waals surface area contributed by atoms with Crippen LogP contribution in [0.5, 0.6) is 0 Å². The van der Waals surface area contributed by atoms with Crippen LogP contribution >= 0.6 is 0 Å². The number of amides is 2. The Balaban J connectivity index is 1.46. The molecule has 0 aliphatic carbocycles. The number of aromatic nitrogens is 2. The average Bonchev–Trinajstić information content (AvgIpc) is 3.45. The molecule has 3 aromatic rings. The number of carbonyl (C=O) groups is 2. The normalized spacial score (nSPS) is 16.7. The molecule has 33 heavy (non-hydrogen) atoms. The van der Waals surface area contributed by atoms with Gasteiger partial charge in [0.2, 0.25) is 0 Å². The minimum absolute atomic E-state index is 0.163. The smallest absolute Gasteiger partial charge is 0.342 e. The number of rotatable bonds is 6. The van der Waals surface area contributed by atoms with Crippen molar-refractivity contribution in [3.63, 3.8) is 0 Å². The van der Waals surface area contributed by atoms with E-state index < -0.39 is 22.8 Å². The van der Waals surface area contributed by atoms with E-state index in [1.54, 1.807) is 19.1 Å². The molecule has 1 atom stereocenters. The third-order valence-electron chi connectivity index (χ3n) is 6.42. The fraction of sp³-hybridized carbons (Fsp3) is 0.348. The molecule has 10 nitrogen and oxygen atoms in total. The highest BCUT2D eigenvalue weighted by Gasteiger charge is 2.35. The summed E-state index contributed by atoms with van der Waals surface area (Å²) in [5, 5.41) is 23.4. The first-order chi connectivity index (χ1) is 15.9. The molecule has 3 heterocycles. The van der Waals surface area contributed by atoms with E-state index in [0.29, 0.717) is 22.3 Å². The van der Waals surface area contributed by atoms with Crippen LogP contribution in [0.2, 0.25) is 0 Å². The maximum absolute atomic E-state index is 13.3. The van der Waals surface area contributed by atoms with Crippen LogP contribution < -0.4 is 4.90 Å². The number of hydrogen-bond donors (Lipinski definition) is 1. The Hall–Kier alpha value is -3.79. The summed E-state index contributed by atoms with van der Waals surface area (Å²) >= 11 is 0.